The van der Waals surface area contributed by atoms with Crippen LogP contribution in [-0.4, -0.2) is 31.2 Å². The van der Waals surface area contributed by atoms with Crippen molar-refractivity contribution >= 4 is 23.4 Å². The zero-order valence-corrected chi connectivity index (χ0v) is 12.7. The maximum atomic E-state index is 12.1. The Balaban J connectivity index is 2.06. The van der Waals surface area contributed by atoms with Crippen molar-refractivity contribution in [3.05, 3.63) is 54.0 Å². The first-order valence-electron chi connectivity index (χ1n) is 7.02. The number of hydrogen-bond acceptors (Lipinski definition) is 5. The normalized spacial score (nSPS) is 10.9. The number of benzene rings is 1. The van der Waals surface area contributed by atoms with Crippen LogP contribution in [0.3, 0.4) is 0 Å². The lowest BCUT2D eigenvalue weighted by atomic mass is 10.2. The first-order chi connectivity index (χ1) is 11.1. The number of rotatable bonds is 6. The molecule has 118 valence electrons. The number of aliphatic hydroxyl groups is 1. The molecule has 2 aromatic rings. The molecule has 1 amide bonds. The number of nitrogens with zero attached hydrogens (tertiary/aromatic N) is 2. The Morgan fingerprint density at radius 3 is 2.70 bits per heavy atom. The van der Waals surface area contributed by atoms with Crippen molar-refractivity contribution in [1.82, 2.24) is 0 Å². The van der Waals surface area contributed by atoms with Gasteiger partial charge in [0.15, 0.2) is 0 Å². The Morgan fingerprint density at radius 2 is 2.13 bits per heavy atom. The van der Waals surface area contributed by atoms with Gasteiger partial charge >= 0.3 is 0 Å². The molecule has 1 aromatic carbocycles. The predicted molar refractivity (Wildman–Crippen MR) is 87.7 cm³/mol. The number of amides is 1. The van der Waals surface area contributed by atoms with E-state index in [1.807, 2.05) is 30.1 Å². The summed E-state index contributed by atoms with van der Waals surface area (Å²) in [4.78, 5) is 14.0. The first kappa shape index (κ1) is 16.3. The zero-order chi connectivity index (χ0) is 16.7. The average molecular weight is 311 g/mol. The van der Waals surface area contributed by atoms with Crippen LogP contribution in [0.15, 0.2) is 52.7 Å². The molecule has 6 nitrogen and oxygen atoms in total. The van der Waals surface area contributed by atoms with Crippen molar-refractivity contribution < 1.29 is 14.3 Å². The van der Waals surface area contributed by atoms with Gasteiger partial charge in [-0.15, -0.1) is 0 Å². The van der Waals surface area contributed by atoms with Gasteiger partial charge in [-0.3, -0.25) is 4.79 Å². The summed E-state index contributed by atoms with van der Waals surface area (Å²) in [5.41, 5.74) is 1.46. The van der Waals surface area contributed by atoms with Crippen molar-refractivity contribution in [2.24, 2.45) is 0 Å². The molecule has 23 heavy (non-hydrogen) atoms. The highest BCUT2D eigenvalue weighted by Crippen LogP contribution is 2.17. The van der Waals surface area contributed by atoms with Crippen molar-refractivity contribution in [2.45, 2.75) is 0 Å². The molecule has 0 aliphatic heterocycles. The third-order valence-corrected chi connectivity index (χ3v) is 3.20. The Kier molecular flexibility index (Phi) is 5.56. The molecule has 0 radical (unpaired) electrons. The van der Waals surface area contributed by atoms with Gasteiger partial charge in [-0.2, -0.15) is 5.26 Å². The lowest BCUT2D eigenvalue weighted by Gasteiger charge is -2.18. The highest BCUT2D eigenvalue weighted by atomic mass is 16.3. The first-order valence-corrected chi connectivity index (χ1v) is 7.02. The molecular formula is C17H17N3O3. The fraction of sp³-hybridized carbons (Fsp3) is 0.176. The minimum atomic E-state index is -0.500. The van der Waals surface area contributed by atoms with Crippen LogP contribution in [0.2, 0.25) is 0 Å². The van der Waals surface area contributed by atoms with Crippen molar-refractivity contribution in [3.63, 3.8) is 0 Å². The SMILES string of the molecule is CN(CCO)c1ccc(NC(=O)/C(C#N)=C/c2ccco2)cc1. The van der Waals surface area contributed by atoms with E-state index >= 15 is 0 Å². The van der Waals surface area contributed by atoms with Crippen LogP contribution in [0.1, 0.15) is 5.76 Å². The molecule has 0 saturated heterocycles. The molecule has 1 heterocycles. The minimum absolute atomic E-state index is 0.0403. The Hall–Kier alpha value is -3.04. The number of nitrogens with one attached hydrogen (secondary N) is 1. The van der Waals surface area contributed by atoms with E-state index in [1.165, 1.54) is 12.3 Å². The van der Waals surface area contributed by atoms with E-state index in [0.29, 0.717) is 18.0 Å². The van der Waals surface area contributed by atoms with Gasteiger partial charge in [-0.05, 0) is 36.4 Å². The largest absolute Gasteiger partial charge is 0.465 e. The van der Waals surface area contributed by atoms with Gasteiger partial charge in [0.2, 0.25) is 0 Å². The van der Waals surface area contributed by atoms with Crippen LogP contribution >= 0.6 is 0 Å². The van der Waals surface area contributed by atoms with E-state index in [0.717, 1.165) is 5.69 Å². The number of furan rings is 1. The van der Waals surface area contributed by atoms with E-state index in [4.69, 9.17) is 14.8 Å². The lowest BCUT2D eigenvalue weighted by molar-refractivity contribution is -0.112. The maximum Gasteiger partial charge on any atom is 0.266 e. The zero-order valence-electron chi connectivity index (χ0n) is 12.7. The maximum absolute atomic E-state index is 12.1. The summed E-state index contributed by atoms with van der Waals surface area (Å²) in [7, 11) is 1.86. The topological polar surface area (TPSA) is 89.5 Å². The quantitative estimate of drug-likeness (QED) is 0.631. The van der Waals surface area contributed by atoms with Crippen LogP contribution in [0.5, 0.6) is 0 Å². The number of carbonyl (C=O) groups excluding carboxylic acids is 1. The molecule has 0 saturated carbocycles. The molecule has 0 unspecified atom stereocenters. The van der Waals surface area contributed by atoms with Crippen LogP contribution in [0.25, 0.3) is 6.08 Å². The predicted octanol–water partition coefficient (Wildman–Crippen LogP) is 2.25. The summed E-state index contributed by atoms with van der Waals surface area (Å²) in [6.45, 7) is 0.592. The molecule has 0 bridgehead atoms. The van der Waals surface area contributed by atoms with E-state index in [9.17, 15) is 4.79 Å². The summed E-state index contributed by atoms with van der Waals surface area (Å²) in [5, 5.41) is 20.7. The molecule has 2 rings (SSSR count). The molecular weight excluding hydrogens is 294 g/mol. The van der Waals surface area contributed by atoms with Gasteiger partial charge in [0.05, 0.1) is 12.9 Å². The number of likely N-dealkylation sites (N-methyl/N-ethyl adjacent to an activating group) is 1. The molecule has 0 aliphatic carbocycles. The van der Waals surface area contributed by atoms with Crippen LogP contribution in [0, 0.1) is 11.3 Å². The fourth-order valence-corrected chi connectivity index (χ4v) is 1.94. The van der Waals surface area contributed by atoms with Gasteiger partial charge in [0, 0.05) is 31.0 Å². The molecule has 1 aromatic heterocycles. The van der Waals surface area contributed by atoms with Crippen LogP contribution in [0.4, 0.5) is 11.4 Å². The second-order valence-electron chi connectivity index (χ2n) is 4.83. The molecule has 0 fully saturated rings. The van der Waals surface area contributed by atoms with Gasteiger partial charge < -0.3 is 19.7 Å². The van der Waals surface area contributed by atoms with Crippen LogP contribution in [-0.2, 0) is 4.79 Å². The number of aliphatic hydroxyl groups excluding tert-OH is 1. The summed E-state index contributed by atoms with van der Waals surface area (Å²) < 4.78 is 5.10. The Morgan fingerprint density at radius 1 is 1.39 bits per heavy atom. The van der Waals surface area contributed by atoms with E-state index in [1.54, 1.807) is 24.3 Å². The third-order valence-electron chi connectivity index (χ3n) is 3.20. The number of anilines is 2. The van der Waals surface area contributed by atoms with Gasteiger partial charge in [-0.1, -0.05) is 0 Å². The lowest BCUT2D eigenvalue weighted by Crippen LogP contribution is -2.21. The summed E-state index contributed by atoms with van der Waals surface area (Å²) in [6, 6.07) is 12.3. The number of nitriles is 1. The minimum Gasteiger partial charge on any atom is -0.465 e. The smallest absolute Gasteiger partial charge is 0.266 e. The fourth-order valence-electron chi connectivity index (χ4n) is 1.94. The Labute approximate surface area is 134 Å². The van der Waals surface area contributed by atoms with Crippen molar-refractivity contribution in [1.29, 1.82) is 5.26 Å². The molecule has 0 spiro atoms. The summed E-state index contributed by atoms with van der Waals surface area (Å²) in [6.07, 6.45) is 2.86. The second kappa shape index (κ2) is 7.82. The molecule has 0 atom stereocenters. The van der Waals surface area contributed by atoms with E-state index in [2.05, 4.69) is 5.32 Å². The number of hydrogen-bond donors (Lipinski definition) is 2. The second-order valence-corrected chi connectivity index (χ2v) is 4.83. The average Bonchev–Trinajstić information content (AvgIpc) is 3.06. The van der Waals surface area contributed by atoms with Gasteiger partial charge in [-0.25, -0.2) is 0 Å². The molecule has 6 heteroatoms. The van der Waals surface area contributed by atoms with Crippen molar-refractivity contribution in [3.8, 4) is 6.07 Å². The van der Waals surface area contributed by atoms with E-state index < -0.39 is 5.91 Å². The highest BCUT2D eigenvalue weighted by Gasteiger charge is 2.10. The molecule has 2 N–H and O–H groups in total. The van der Waals surface area contributed by atoms with E-state index in [-0.39, 0.29) is 12.2 Å². The summed E-state index contributed by atoms with van der Waals surface area (Å²) in [5.74, 6) is -0.0574. The van der Waals surface area contributed by atoms with Gasteiger partial charge in [0.1, 0.15) is 17.4 Å². The summed E-state index contributed by atoms with van der Waals surface area (Å²) >= 11 is 0. The number of carbonyl (C=O) groups is 1. The Bertz CT molecular complexity index is 713. The van der Waals surface area contributed by atoms with Crippen LogP contribution < -0.4 is 10.2 Å². The third kappa shape index (κ3) is 4.46. The van der Waals surface area contributed by atoms with Crippen molar-refractivity contribution in [2.75, 3.05) is 30.4 Å². The highest BCUT2D eigenvalue weighted by molar-refractivity contribution is 6.09. The standard InChI is InChI=1S/C17H17N3O3/c1-20(8-9-21)15-6-4-14(5-7-15)19-17(22)13(12-18)11-16-3-2-10-23-16/h2-7,10-11,21H,8-9H2,1H3,(H,19,22)/b13-11+. The van der Waals surface area contributed by atoms with Gasteiger partial charge in [0.25, 0.3) is 5.91 Å². The molecule has 0 aliphatic rings. The monoisotopic (exact) mass is 311 g/mol.